The molecule has 0 unspecified atom stereocenters. The number of hydrogen-bond donors (Lipinski definition) is 2. The van der Waals surface area contributed by atoms with Crippen LogP contribution in [0.2, 0.25) is 10.0 Å². The molecule has 2 N–H and O–H groups in total. The Labute approximate surface area is 167 Å². The minimum atomic E-state index is -0.172. The molecule has 5 nitrogen and oxygen atoms in total. The van der Waals surface area contributed by atoms with Crippen LogP contribution < -0.4 is 10.2 Å². The number of hydrogen-bond acceptors (Lipinski definition) is 3. The lowest BCUT2D eigenvalue weighted by molar-refractivity contribution is -0.121. The fourth-order valence-electron chi connectivity index (χ4n) is 2.70. The molecule has 0 bridgehead atoms. The number of aromatic nitrogens is 1. The number of fused-ring (bicyclic) bond motifs is 1. The summed E-state index contributed by atoms with van der Waals surface area (Å²) in [6.07, 6.45) is 2.51. The molecule has 0 saturated heterocycles. The first-order chi connectivity index (χ1) is 13.0. The number of carbonyl (C=O) groups is 1. The van der Waals surface area contributed by atoms with Gasteiger partial charge in [-0.05, 0) is 37.6 Å². The first kappa shape index (κ1) is 19.3. The van der Waals surface area contributed by atoms with Crippen LogP contribution >= 0.6 is 23.2 Å². The van der Waals surface area contributed by atoms with Crippen molar-refractivity contribution in [3.8, 4) is 5.75 Å². The van der Waals surface area contributed by atoms with Crippen LogP contribution in [0.15, 0.2) is 47.6 Å². The molecular formula is C20H19Cl2N3O2. The summed E-state index contributed by atoms with van der Waals surface area (Å²) in [6, 6.07) is 13.0. The molecule has 0 aliphatic rings. The van der Waals surface area contributed by atoms with E-state index in [1.807, 2.05) is 31.2 Å². The predicted molar refractivity (Wildman–Crippen MR) is 110 cm³/mol. The number of nitrogens with zero attached hydrogens (tertiary/aromatic N) is 1. The molecule has 3 rings (SSSR count). The normalized spacial score (nSPS) is 11.2. The van der Waals surface area contributed by atoms with Crippen LogP contribution in [0.3, 0.4) is 0 Å². The number of H-pyrrole nitrogens is 1. The van der Waals surface area contributed by atoms with E-state index in [1.165, 1.54) is 0 Å². The van der Waals surface area contributed by atoms with Crippen LogP contribution in [0.4, 0.5) is 0 Å². The summed E-state index contributed by atoms with van der Waals surface area (Å²) in [7, 11) is 0. The Bertz CT molecular complexity index is 983. The van der Waals surface area contributed by atoms with Crippen LogP contribution in [-0.4, -0.2) is 23.7 Å². The number of rotatable bonds is 7. The number of aromatic amines is 1. The Hall–Kier alpha value is -2.50. The largest absolute Gasteiger partial charge is 0.492 e. The Morgan fingerprint density at radius 2 is 2.07 bits per heavy atom. The van der Waals surface area contributed by atoms with E-state index in [9.17, 15) is 4.79 Å². The highest BCUT2D eigenvalue weighted by molar-refractivity contribution is 6.35. The third kappa shape index (κ3) is 5.02. The summed E-state index contributed by atoms with van der Waals surface area (Å²) < 4.78 is 5.56. The molecule has 2 aromatic carbocycles. The van der Waals surface area contributed by atoms with Gasteiger partial charge >= 0.3 is 0 Å². The van der Waals surface area contributed by atoms with Crippen molar-refractivity contribution in [1.29, 1.82) is 0 Å². The summed E-state index contributed by atoms with van der Waals surface area (Å²) in [5.41, 5.74) is 5.56. The summed E-state index contributed by atoms with van der Waals surface area (Å²) in [6.45, 7) is 2.35. The molecule has 0 radical (unpaired) electrons. The number of carbonyl (C=O) groups excluding carboxylic acids is 1. The number of hydrazone groups is 1. The Balaban J connectivity index is 1.45. The molecule has 3 aromatic rings. The second-order valence-electron chi connectivity index (χ2n) is 6.03. The molecule has 140 valence electrons. The standard InChI is InChI=1S/C20H19Cl2N3O2/c1-13-16(15-5-2-3-6-18(15)24-13)12-23-25-20(26)7-4-10-27-19-9-8-14(21)11-17(19)22/h2-3,5-6,8-9,11-12,24H,4,7,10H2,1H3,(H,25,26). The van der Waals surface area contributed by atoms with E-state index in [4.69, 9.17) is 27.9 Å². The van der Waals surface area contributed by atoms with Crippen molar-refractivity contribution in [3.05, 3.63) is 63.8 Å². The molecule has 0 fully saturated rings. The summed E-state index contributed by atoms with van der Waals surface area (Å²) >= 11 is 11.9. The molecule has 1 amide bonds. The van der Waals surface area contributed by atoms with Gasteiger partial charge in [-0.1, -0.05) is 41.4 Å². The molecule has 1 heterocycles. The van der Waals surface area contributed by atoms with E-state index < -0.39 is 0 Å². The van der Waals surface area contributed by atoms with Crippen LogP contribution in [0.25, 0.3) is 10.9 Å². The fourth-order valence-corrected chi connectivity index (χ4v) is 3.16. The summed E-state index contributed by atoms with van der Waals surface area (Å²) in [4.78, 5) is 15.2. The van der Waals surface area contributed by atoms with Crippen molar-refractivity contribution in [2.75, 3.05) is 6.61 Å². The third-order valence-electron chi connectivity index (χ3n) is 4.03. The maximum atomic E-state index is 11.9. The van der Waals surface area contributed by atoms with E-state index in [0.29, 0.717) is 35.2 Å². The molecule has 0 aliphatic carbocycles. The monoisotopic (exact) mass is 403 g/mol. The number of ether oxygens (including phenoxy) is 1. The van der Waals surface area contributed by atoms with Crippen molar-refractivity contribution < 1.29 is 9.53 Å². The number of aryl methyl sites for hydroxylation is 1. The molecule has 7 heteroatoms. The van der Waals surface area contributed by atoms with E-state index in [0.717, 1.165) is 22.2 Å². The van der Waals surface area contributed by atoms with Crippen molar-refractivity contribution in [1.82, 2.24) is 10.4 Å². The minimum absolute atomic E-state index is 0.172. The van der Waals surface area contributed by atoms with Gasteiger partial charge in [0.1, 0.15) is 5.75 Å². The van der Waals surface area contributed by atoms with Gasteiger partial charge in [-0.25, -0.2) is 5.43 Å². The molecule has 27 heavy (non-hydrogen) atoms. The van der Waals surface area contributed by atoms with E-state index in [2.05, 4.69) is 15.5 Å². The van der Waals surface area contributed by atoms with Crippen LogP contribution in [0, 0.1) is 6.92 Å². The van der Waals surface area contributed by atoms with E-state index in [-0.39, 0.29) is 5.91 Å². The van der Waals surface area contributed by atoms with E-state index in [1.54, 1.807) is 24.4 Å². The summed E-state index contributed by atoms with van der Waals surface area (Å²) in [5.74, 6) is 0.379. The average Bonchev–Trinajstić information content (AvgIpc) is 2.96. The molecular weight excluding hydrogens is 385 g/mol. The lowest BCUT2D eigenvalue weighted by Gasteiger charge is -2.07. The molecule has 0 saturated carbocycles. The van der Waals surface area contributed by atoms with Gasteiger partial charge < -0.3 is 9.72 Å². The van der Waals surface area contributed by atoms with Crippen LogP contribution in [0.5, 0.6) is 5.75 Å². The number of nitrogens with one attached hydrogen (secondary N) is 2. The predicted octanol–water partition coefficient (Wildman–Crippen LogP) is 5.09. The zero-order chi connectivity index (χ0) is 19.2. The van der Waals surface area contributed by atoms with Gasteiger partial charge in [0.25, 0.3) is 0 Å². The Kier molecular flexibility index (Phi) is 6.37. The van der Waals surface area contributed by atoms with Crippen molar-refractivity contribution in [3.63, 3.8) is 0 Å². The van der Waals surface area contributed by atoms with Gasteiger partial charge in [-0.3, -0.25) is 4.79 Å². The van der Waals surface area contributed by atoms with Crippen LogP contribution in [-0.2, 0) is 4.79 Å². The summed E-state index contributed by atoms with van der Waals surface area (Å²) in [5, 5.41) is 6.14. The number of amides is 1. The number of para-hydroxylation sites is 1. The lowest BCUT2D eigenvalue weighted by Crippen LogP contribution is -2.18. The first-order valence-corrected chi connectivity index (χ1v) is 9.27. The minimum Gasteiger partial charge on any atom is -0.492 e. The van der Waals surface area contributed by atoms with Crippen molar-refractivity contribution >= 4 is 46.2 Å². The number of halogens is 2. The second-order valence-corrected chi connectivity index (χ2v) is 6.87. The van der Waals surface area contributed by atoms with Gasteiger partial charge in [0, 0.05) is 33.6 Å². The van der Waals surface area contributed by atoms with Gasteiger partial charge in [-0.2, -0.15) is 5.10 Å². The van der Waals surface area contributed by atoms with Gasteiger partial charge in [0.15, 0.2) is 0 Å². The molecule has 0 aliphatic heterocycles. The van der Waals surface area contributed by atoms with Crippen molar-refractivity contribution in [2.45, 2.75) is 19.8 Å². The molecule has 1 aromatic heterocycles. The SMILES string of the molecule is Cc1[nH]c2ccccc2c1C=NNC(=O)CCCOc1ccc(Cl)cc1Cl. The maximum Gasteiger partial charge on any atom is 0.240 e. The Morgan fingerprint density at radius 3 is 2.89 bits per heavy atom. The lowest BCUT2D eigenvalue weighted by atomic mass is 10.1. The number of benzene rings is 2. The Morgan fingerprint density at radius 1 is 1.26 bits per heavy atom. The average molecular weight is 404 g/mol. The van der Waals surface area contributed by atoms with Crippen LogP contribution in [0.1, 0.15) is 24.1 Å². The van der Waals surface area contributed by atoms with Crippen molar-refractivity contribution in [2.24, 2.45) is 5.10 Å². The van der Waals surface area contributed by atoms with Gasteiger partial charge in [0.2, 0.25) is 5.91 Å². The molecule has 0 atom stereocenters. The second kappa shape index (κ2) is 8.93. The quantitative estimate of drug-likeness (QED) is 0.327. The first-order valence-electron chi connectivity index (χ1n) is 8.51. The van der Waals surface area contributed by atoms with Gasteiger partial charge in [0.05, 0.1) is 17.8 Å². The zero-order valence-electron chi connectivity index (χ0n) is 14.8. The molecule has 0 spiro atoms. The highest BCUT2D eigenvalue weighted by Crippen LogP contribution is 2.27. The highest BCUT2D eigenvalue weighted by Gasteiger charge is 2.06. The zero-order valence-corrected chi connectivity index (χ0v) is 16.3. The fraction of sp³-hybridized carbons (Fsp3) is 0.200. The van der Waals surface area contributed by atoms with E-state index >= 15 is 0 Å². The topological polar surface area (TPSA) is 66.5 Å². The van der Waals surface area contributed by atoms with Gasteiger partial charge in [-0.15, -0.1) is 0 Å². The maximum absolute atomic E-state index is 11.9. The third-order valence-corrected chi connectivity index (χ3v) is 4.56. The smallest absolute Gasteiger partial charge is 0.240 e. The highest BCUT2D eigenvalue weighted by atomic mass is 35.5.